The maximum Gasteiger partial charge on any atom is 0.261 e. The molecular formula is C15H9Cl2N3O3S. The normalized spacial score (nSPS) is 11.0. The van der Waals surface area contributed by atoms with Gasteiger partial charge in [0.15, 0.2) is 16.6 Å². The van der Waals surface area contributed by atoms with E-state index in [0.717, 1.165) is 0 Å². The number of hydrogen-bond donors (Lipinski definition) is 2. The highest BCUT2D eigenvalue weighted by Crippen LogP contribution is 2.32. The molecule has 2 N–H and O–H groups in total. The van der Waals surface area contributed by atoms with E-state index < -0.39 is 11.3 Å². The van der Waals surface area contributed by atoms with Crippen molar-refractivity contribution in [2.45, 2.75) is 5.16 Å². The number of phenolic OH excluding ortho intramolecular Hbond substituents is 1. The summed E-state index contributed by atoms with van der Waals surface area (Å²) in [6, 6.07) is 4.00. The number of H-pyrrole nitrogens is 1. The minimum Gasteiger partial charge on any atom is -0.506 e. The molecule has 0 radical (unpaired) electrons. The lowest BCUT2D eigenvalue weighted by molar-refractivity contribution is 0.103. The Kier molecular flexibility index (Phi) is 4.49. The molecule has 122 valence electrons. The monoisotopic (exact) mass is 381 g/mol. The number of thioether (sulfide) groups is 1. The van der Waals surface area contributed by atoms with E-state index in [-0.39, 0.29) is 38.0 Å². The minimum atomic E-state index is -0.556. The molecule has 0 amide bonds. The third-order valence-electron chi connectivity index (χ3n) is 3.27. The first-order valence-electron chi connectivity index (χ1n) is 6.57. The van der Waals surface area contributed by atoms with Gasteiger partial charge in [-0.3, -0.25) is 9.59 Å². The number of pyridine rings is 1. The van der Waals surface area contributed by atoms with Crippen LogP contribution in [0.5, 0.6) is 5.75 Å². The number of fused-ring (bicyclic) bond motifs is 1. The van der Waals surface area contributed by atoms with Crippen LogP contribution in [0, 0.1) is 0 Å². The molecule has 0 aliphatic heterocycles. The van der Waals surface area contributed by atoms with E-state index in [0.29, 0.717) is 5.16 Å². The molecular weight excluding hydrogens is 373 g/mol. The van der Waals surface area contributed by atoms with E-state index in [2.05, 4.69) is 15.0 Å². The van der Waals surface area contributed by atoms with Crippen LogP contribution in [0.4, 0.5) is 0 Å². The van der Waals surface area contributed by atoms with Crippen LogP contribution in [0.15, 0.2) is 34.3 Å². The number of nitrogens with one attached hydrogen (secondary N) is 1. The Morgan fingerprint density at radius 2 is 2.04 bits per heavy atom. The Bertz CT molecular complexity index is 1040. The van der Waals surface area contributed by atoms with Gasteiger partial charge >= 0.3 is 0 Å². The number of phenols is 1. The quantitative estimate of drug-likeness (QED) is 0.410. The molecule has 0 aliphatic rings. The summed E-state index contributed by atoms with van der Waals surface area (Å²) >= 11 is 13.0. The van der Waals surface area contributed by atoms with Crippen LogP contribution in [0.25, 0.3) is 11.0 Å². The Hall–Kier alpha value is -2.09. The zero-order chi connectivity index (χ0) is 17.4. The number of carbonyl (C=O) groups excluding carboxylic acids is 1. The molecule has 0 saturated heterocycles. The van der Waals surface area contributed by atoms with Gasteiger partial charge in [0.05, 0.1) is 16.0 Å². The Balaban J connectivity index is 2.15. The van der Waals surface area contributed by atoms with Gasteiger partial charge in [-0.1, -0.05) is 35.0 Å². The summed E-state index contributed by atoms with van der Waals surface area (Å²) in [7, 11) is 0. The van der Waals surface area contributed by atoms with E-state index in [1.54, 1.807) is 6.26 Å². The molecule has 0 bridgehead atoms. The number of rotatable bonds is 3. The number of hydrogen-bond acceptors (Lipinski definition) is 6. The van der Waals surface area contributed by atoms with E-state index in [9.17, 15) is 14.7 Å². The largest absolute Gasteiger partial charge is 0.506 e. The third kappa shape index (κ3) is 2.98. The topological polar surface area (TPSA) is 95.9 Å². The molecule has 0 spiro atoms. The van der Waals surface area contributed by atoms with Gasteiger partial charge in [0.25, 0.3) is 5.56 Å². The number of carbonyl (C=O) groups is 1. The van der Waals surface area contributed by atoms with Gasteiger partial charge in [0.2, 0.25) is 0 Å². The standard InChI is InChI=1S/C15H9Cl2N3O3S/c1-24-15-19-13-9(14(23)20-15)2-6(5-18-13)11(21)8-3-7(16)4-10(17)12(8)22/h2-5,22H,1H3,(H,18,19,20,23). The van der Waals surface area contributed by atoms with Crippen LogP contribution in [0.3, 0.4) is 0 Å². The van der Waals surface area contributed by atoms with Gasteiger partial charge in [-0.2, -0.15) is 0 Å². The van der Waals surface area contributed by atoms with Gasteiger partial charge < -0.3 is 10.1 Å². The highest BCUT2D eigenvalue weighted by Gasteiger charge is 2.18. The molecule has 0 saturated carbocycles. The number of halogens is 2. The molecule has 1 aromatic carbocycles. The number of ketones is 1. The predicted molar refractivity (Wildman–Crippen MR) is 93.5 cm³/mol. The summed E-state index contributed by atoms with van der Waals surface area (Å²) in [4.78, 5) is 35.5. The zero-order valence-electron chi connectivity index (χ0n) is 12.1. The van der Waals surface area contributed by atoms with Crippen molar-refractivity contribution in [1.82, 2.24) is 15.0 Å². The molecule has 3 aromatic rings. The zero-order valence-corrected chi connectivity index (χ0v) is 14.5. The van der Waals surface area contributed by atoms with Crippen molar-refractivity contribution >= 4 is 51.8 Å². The molecule has 0 fully saturated rings. The predicted octanol–water partition coefficient (Wildman–Crippen LogP) is 3.28. The van der Waals surface area contributed by atoms with Crippen molar-refractivity contribution < 1.29 is 9.90 Å². The van der Waals surface area contributed by atoms with Crippen LogP contribution in [-0.2, 0) is 0 Å². The lowest BCUT2D eigenvalue weighted by Gasteiger charge is -2.07. The molecule has 3 rings (SSSR count). The summed E-state index contributed by atoms with van der Waals surface area (Å²) in [5, 5.41) is 10.7. The van der Waals surface area contributed by atoms with E-state index in [1.165, 1.54) is 36.2 Å². The Labute approximate surface area is 149 Å². The van der Waals surface area contributed by atoms with Crippen LogP contribution in [-0.4, -0.2) is 32.1 Å². The van der Waals surface area contributed by atoms with E-state index in [1.807, 2.05) is 0 Å². The summed E-state index contributed by atoms with van der Waals surface area (Å²) in [5.41, 5.74) is -0.132. The van der Waals surface area contributed by atoms with Crippen molar-refractivity contribution in [3.05, 3.63) is 55.9 Å². The first-order chi connectivity index (χ1) is 11.4. The highest BCUT2D eigenvalue weighted by atomic mass is 35.5. The highest BCUT2D eigenvalue weighted by molar-refractivity contribution is 7.98. The van der Waals surface area contributed by atoms with Gasteiger partial charge in [0.1, 0.15) is 5.75 Å². The third-order valence-corrected chi connectivity index (χ3v) is 4.35. The molecule has 2 aromatic heterocycles. The second-order valence-electron chi connectivity index (χ2n) is 4.78. The summed E-state index contributed by atoms with van der Waals surface area (Å²) in [6.45, 7) is 0. The molecule has 24 heavy (non-hydrogen) atoms. The number of nitrogens with zero attached hydrogens (tertiary/aromatic N) is 2. The minimum absolute atomic E-state index is 0.0382. The smallest absolute Gasteiger partial charge is 0.261 e. The average molecular weight is 382 g/mol. The number of aromatic nitrogens is 3. The maximum absolute atomic E-state index is 12.6. The molecule has 0 aliphatic carbocycles. The lowest BCUT2D eigenvalue weighted by atomic mass is 10.0. The fraction of sp³-hybridized carbons (Fsp3) is 0.0667. The number of aromatic amines is 1. The van der Waals surface area contributed by atoms with Crippen molar-refractivity contribution in [2.75, 3.05) is 6.26 Å². The van der Waals surface area contributed by atoms with Crippen LogP contribution in [0.2, 0.25) is 10.0 Å². The molecule has 9 heteroatoms. The van der Waals surface area contributed by atoms with Gasteiger partial charge in [-0.25, -0.2) is 9.97 Å². The molecule has 2 heterocycles. The van der Waals surface area contributed by atoms with Gasteiger partial charge in [-0.15, -0.1) is 0 Å². The van der Waals surface area contributed by atoms with Crippen molar-refractivity contribution in [2.24, 2.45) is 0 Å². The van der Waals surface area contributed by atoms with Crippen molar-refractivity contribution in [1.29, 1.82) is 0 Å². The Morgan fingerprint density at radius 3 is 2.75 bits per heavy atom. The molecule has 0 atom stereocenters. The fourth-order valence-corrected chi connectivity index (χ4v) is 2.98. The van der Waals surface area contributed by atoms with E-state index in [4.69, 9.17) is 23.2 Å². The van der Waals surface area contributed by atoms with Crippen molar-refractivity contribution in [3.8, 4) is 5.75 Å². The Morgan fingerprint density at radius 1 is 1.29 bits per heavy atom. The maximum atomic E-state index is 12.6. The van der Waals surface area contributed by atoms with Crippen molar-refractivity contribution in [3.63, 3.8) is 0 Å². The molecule has 6 nitrogen and oxygen atoms in total. The van der Waals surface area contributed by atoms with Crippen LogP contribution >= 0.6 is 35.0 Å². The number of benzene rings is 1. The first kappa shape index (κ1) is 16.8. The van der Waals surface area contributed by atoms with Crippen LogP contribution < -0.4 is 5.56 Å². The number of aromatic hydroxyl groups is 1. The second kappa shape index (κ2) is 6.43. The second-order valence-corrected chi connectivity index (χ2v) is 6.42. The first-order valence-corrected chi connectivity index (χ1v) is 8.55. The fourth-order valence-electron chi connectivity index (χ4n) is 2.12. The summed E-state index contributed by atoms with van der Waals surface area (Å²) in [6.07, 6.45) is 3.06. The van der Waals surface area contributed by atoms with E-state index >= 15 is 0 Å². The average Bonchev–Trinajstić information content (AvgIpc) is 2.57. The van der Waals surface area contributed by atoms with Gasteiger partial charge in [-0.05, 0) is 24.5 Å². The SMILES string of the molecule is CSc1nc2ncc(C(=O)c3cc(Cl)cc(Cl)c3O)cc2c(=O)[nH]1. The lowest BCUT2D eigenvalue weighted by Crippen LogP contribution is -2.12. The molecule has 0 unspecified atom stereocenters. The van der Waals surface area contributed by atoms with Crippen LogP contribution in [0.1, 0.15) is 15.9 Å². The van der Waals surface area contributed by atoms with Gasteiger partial charge in [0, 0.05) is 16.8 Å². The summed E-state index contributed by atoms with van der Waals surface area (Å²) < 4.78 is 0. The summed E-state index contributed by atoms with van der Waals surface area (Å²) in [5.74, 6) is -0.935.